The minimum absolute atomic E-state index is 0.121. The Morgan fingerprint density at radius 2 is 1.96 bits per heavy atom. The lowest BCUT2D eigenvalue weighted by molar-refractivity contribution is 0.102. The van der Waals surface area contributed by atoms with Gasteiger partial charge in [-0.15, -0.1) is 0 Å². The maximum absolute atomic E-state index is 14.5. The summed E-state index contributed by atoms with van der Waals surface area (Å²) in [5.41, 5.74) is 0.883. The fourth-order valence-electron chi connectivity index (χ4n) is 3.23. The Hall–Kier alpha value is -3.15. The summed E-state index contributed by atoms with van der Waals surface area (Å²) in [6.45, 7) is 7.51. The number of carbonyl (C=O) groups is 1. The number of hydrogen-bond donors (Lipinski definition) is 3. The summed E-state index contributed by atoms with van der Waals surface area (Å²) in [5.74, 6) is -1.54. The summed E-state index contributed by atoms with van der Waals surface area (Å²) in [7, 11) is 0. The molecule has 0 fully saturated rings. The maximum Gasteiger partial charge on any atom is 0.261 e. The molecule has 6 heteroatoms. The Labute approximate surface area is 162 Å². The van der Waals surface area contributed by atoms with E-state index < -0.39 is 22.6 Å². The van der Waals surface area contributed by atoms with E-state index in [-0.39, 0.29) is 17.0 Å². The number of carbonyl (C=O) groups excluding carboxylic acids is 1. The first-order valence-corrected chi connectivity index (χ1v) is 9.11. The Kier molecular flexibility index (Phi) is 4.98. The van der Waals surface area contributed by atoms with Gasteiger partial charge in [-0.2, -0.15) is 0 Å². The van der Waals surface area contributed by atoms with Crippen molar-refractivity contribution in [2.45, 2.75) is 39.5 Å². The molecule has 3 aromatic rings. The smallest absolute Gasteiger partial charge is 0.261 e. The van der Waals surface area contributed by atoms with Crippen LogP contribution in [0.1, 0.15) is 49.2 Å². The first-order valence-electron chi connectivity index (χ1n) is 9.11. The maximum atomic E-state index is 14.5. The van der Waals surface area contributed by atoms with Crippen molar-refractivity contribution in [1.82, 2.24) is 4.98 Å². The minimum Gasteiger partial charge on any atom is -0.508 e. The van der Waals surface area contributed by atoms with Crippen molar-refractivity contribution in [3.63, 3.8) is 0 Å². The van der Waals surface area contributed by atoms with Crippen LogP contribution in [0.2, 0.25) is 0 Å². The topological polar surface area (TPSA) is 82.2 Å². The summed E-state index contributed by atoms with van der Waals surface area (Å²) in [6.07, 6.45) is 2.07. The largest absolute Gasteiger partial charge is 0.508 e. The molecule has 28 heavy (non-hydrogen) atoms. The molecule has 5 nitrogen and oxygen atoms in total. The number of phenolic OH excluding ortho intramolecular Hbond substituents is 1. The van der Waals surface area contributed by atoms with Crippen LogP contribution in [0, 0.1) is 5.82 Å². The number of phenols is 1. The highest BCUT2D eigenvalue weighted by atomic mass is 19.1. The normalized spacial score (nSPS) is 11.6. The van der Waals surface area contributed by atoms with Gasteiger partial charge in [0, 0.05) is 23.2 Å². The van der Waals surface area contributed by atoms with Gasteiger partial charge in [-0.05, 0) is 29.5 Å². The Bertz CT molecular complexity index is 1130. The summed E-state index contributed by atoms with van der Waals surface area (Å²) < 4.78 is 14.5. The molecule has 146 valence electrons. The number of benzene rings is 2. The Morgan fingerprint density at radius 3 is 2.61 bits per heavy atom. The number of fused-ring (bicyclic) bond motifs is 1. The third-order valence-electron chi connectivity index (χ3n) is 4.77. The Balaban J connectivity index is 1.99. The zero-order valence-electron chi connectivity index (χ0n) is 16.3. The van der Waals surface area contributed by atoms with Crippen molar-refractivity contribution in [3.05, 3.63) is 69.3 Å². The molecule has 1 aromatic heterocycles. The van der Waals surface area contributed by atoms with Crippen LogP contribution in [0.3, 0.4) is 0 Å². The standard InChI is InChI=1S/C22H23FN2O3/c1-5-12-7-6-8-13-19(12)24-11-14(20(13)27)21(28)25-17-10-18(26)15(9-16(17)23)22(2,3)4/h6-11,26H,5H2,1-4H3,(H,24,27)(H,25,28). The lowest BCUT2D eigenvalue weighted by Gasteiger charge is -2.21. The predicted molar refractivity (Wildman–Crippen MR) is 109 cm³/mol. The van der Waals surface area contributed by atoms with Gasteiger partial charge in [0.25, 0.3) is 5.91 Å². The number of aromatic amines is 1. The van der Waals surface area contributed by atoms with E-state index in [1.807, 2.05) is 33.8 Å². The average molecular weight is 382 g/mol. The van der Waals surface area contributed by atoms with Crippen molar-refractivity contribution in [2.24, 2.45) is 0 Å². The number of aromatic hydroxyl groups is 1. The molecular formula is C22H23FN2O3. The number of nitrogens with one attached hydrogen (secondary N) is 2. The summed E-state index contributed by atoms with van der Waals surface area (Å²) in [4.78, 5) is 28.3. The van der Waals surface area contributed by atoms with Crippen LogP contribution in [-0.4, -0.2) is 16.0 Å². The molecule has 1 amide bonds. The molecule has 0 atom stereocenters. The van der Waals surface area contributed by atoms with Crippen LogP contribution in [0.5, 0.6) is 5.75 Å². The van der Waals surface area contributed by atoms with E-state index in [9.17, 15) is 19.1 Å². The van der Waals surface area contributed by atoms with Crippen LogP contribution in [0.15, 0.2) is 41.3 Å². The second kappa shape index (κ2) is 7.11. The second-order valence-electron chi connectivity index (χ2n) is 7.78. The number of aryl methyl sites for hydroxylation is 1. The van der Waals surface area contributed by atoms with Gasteiger partial charge in [0.05, 0.1) is 11.2 Å². The first kappa shape index (κ1) is 19.6. The highest BCUT2D eigenvalue weighted by molar-refractivity contribution is 6.06. The average Bonchev–Trinajstić information content (AvgIpc) is 2.63. The molecule has 0 spiro atoms. The minimum atomic E-state index is -0.744. The quantitative estimate of drug-likeness (QED) is 0.624. The van der Waals surface area contributed by atoms with Crippen LogP contribution in [0.4, 0.5) is 10.1 Å². The molecule has 0 aliphatic heterocycles. The molecule has 3 rings (SSSR count). The van der Waals surface area contributed by atoms with Gasteiger partial charge >= 0.3 is 0 Å². The monoisotopic (exact) mass is 382 g/mol. The van der Waals surface area contributed by atoms with Gasteiger partial charge in [-0.25, -0.2) is 4.39 Å². The van der Waals surface area contributed by atoms with E-state index in [2.05, 4.69) is 10.3 Å². The van der Waals surface area contributed by atoms with E-state index in [0.717, 1.165) is 18.1 Å². The van der Waals surface area contributed by atoms with Crippen molar-refractivity contribution in [2.75, 3.05) is 5.32 Å². The number of rotatable bonds is 3. The summed E-state index contributed by atoms with van der Waals surface area (Å²) in [5, 5.41) is 13.0. The molecule has 0 aliphatic rings. The number of aromatic nitrogens is 1. The molecule has 0 saturated heterocycles. The number of hydrogen-bond acceptors (Lipinski definition) is 3. The highest BCUT2D eigenvalue weighted by Gasteiger charge is 2.22. The number of anilines is 1. The highest BCUT2D eigenvalue weighted by Crippen LogP contribution is 2.34. The number of pyridine rings is 1. The van der Waals surface area contributed by atoms with E-state index in [4.69, 9.17) is 0 Å². The second-order valence-corrected chi connectivity index (χ2v) is 7.78. The van der Waals surface area contributed by atoms with E-state index in [1.165, 1.54) is 12.3 Å². The molecule has 0 bridgehead atoms. The molecular weight excluding hydrogens is 359 g/mol. The van der Waals surface area contributed by atoms with Crippen molar-refractivity contribution in [3.8, 4) is 5.75 Å². The zero-order valence-corrected chi connectivity index (χ0v) is 16.3. The SMILES string of the molecule is CCc1cccc2c(=O)c(C(=O)Nc3cc(O)c(C(C)(C)C)cc3F)c[nH]c12. The molecule has 0 unspecified atom stereocenters. The van der Waals surface area contributed by atoms with Gasteiger partial charge in [-0.3, -0.25) is 9.59 Å². The Morgan fingerprint density at radius 1 is 1.25 bits per heavy atom. The van der Waals surface area contributed by atoms with Crippen LogP contribution >= 0.6 is 0 Å². The van der Waals surface area contributed by atoms with Gasteiger partial charge < -0.3 is 15.4 Å². The van der Waals surface area contributed by atoms with Gasteiger partial charge in [0.2, 0.25) is 5.43 Å². The summed E-state index contributed by atoms with van der Waals surface area (Å²) in [6, 6.07) is 7.68. The molecule has 0 saturated carbocycles. The third kappa shape index (κ3) is 3.50. The molecule has 0 radical (unpaired) electrons. The number of para-hydroxylation sites is 1. The van der Waals surface area contributed by atoms with Gasteiger partial charge in [-0.1, -0.05) is 39.8 Å². The first-order chi connectivity index (χ1) is 13.1. The van der Waals surface area contributed by atoms with Crippen molar-refractivity contribution in [1.29, 1.82) is 0 Å². The summed E-state index contributed by atoms with van der Waals surface area (Å²) >= 11 is 0. The van der Waals surface area contributed by atoms with Gasteiger partial charge in [0.1, 0.15) is 17.1 Å². The number of amides is 1. The molecule has 1 heterocycles. The van der Waals surface area contributed by atoms with E-state index >= 15 is 0 Å². The van der Waals surface area contributed by atoms with Crippen molar-refractivity contribution >= 4 is 22.5 Å². The van der Waals surface area contributed by atoms with E-state index in [1.54, 1.807) is 12.1 Å². The van der Waals surface area contributed by atoms with Crippen molar-refractivity contribution < 1.29 is 14.3 Å². The van der Waals surface area contributed by atoms with Crippen LogP contribution in [-0.2, 0) is 11.8 Å². The van der Waals surface area contributed by atoms with E-state index in [0.29, 0.717) is 16.5 Å². The predicted octanol–water partition coefficient (Wildman–Crippen LogP) is 4.49. The van der Waals surface area contributed by atoms with Crippen LogP contribution < -0.4 is 10.7 Å². The van der Waals surface area contributed by atoms with Gasteiger partial charge in [0.15, 0.2) is 0 Å². The fraction of sp³-hybridized carbons (Fsp3) is 0.273. The fourth-order valence-corrected chi connectivity index (χ4v) is 3.23. The molecule has 2 aromatic carbocycles. The number of halogens is 1. The molecule has 3 N–H and O–H groups in total. The van der Waals surface area contributed by atoms with Crippen LogP contribution in [0.25, 0.3) is 10.9 Å². The molecule has 0 aliphatic carbocycles. The third-order valence-corrected chi connectivity index (χ3v) is 4.77. The zero-order chi connectivity index (χ0) is 20.6. The lowest BCUT2D eigenvalue weighted by atomic mass is 9.86. The lowest BCUT2D eigenvalue weighted by Crippen LogP contribution is -2.23. The number of H-pyrrole nitrogens is 1.